The quantitative estimate of drug-likeness (QED) is 0.793. The number of nitrogens with zero attached hydrogens (tertiary/aromatic N) is 3. The third kappa shape index (κ3) is 2.25. The molecule has 0 bridgehead atoms. The summed E-state index contributed by atoms with van der Waals surface area (Å²) in [6.07, 6.45) is 5.24. The molecular formula is C15H16N4S. The molecule has 4 nitrogen and oxygen atoms in total. The maximum absolute atomic E-state index is 4.42. The molecule has 1 atom stereocenters. The number of aromatic nitrogens is 3. The predicted molar refractivity (Wildman–Crippen MR) is 83.2 cm³/mol. The molecule has 20 heavy (non-hydrogen) atoms. The van der Waals surface area contributed by atoms with E-state index in [2.05, 4.69) is 41.0 Å². The summed E-state index contributed by atoms with van der Waals surface area (Å²) in [5.74, 6) is 0.904. The molecule has 1 unspecified atom stereocenters. The third-order valence-electron chi connectivity index (χ3n) is 3.52. The average molecular weight is 284 g/mol. The third-order valence-corrected chi connectivity index (χ3v) is 4.64. The molecule has 0 aromatic carbocycles. The van der Waals surface area contributed by atoms with E-state index < -0.39 is 0 Å². The molecule has 3 heterocycles. The fourth-order valence-electron chi connectivity index (χ4n) is 2.23. The largest absolute Gasteiger partial charge is 0.363 e. The van der Waals surface area contributed by atoms with Gasteiger partial charge < -0.3 is 5.32 Å². The molecule has 5 heteroatoms. The zero-order valence-electron chi connectivity index (χ0n) is 11.7. The number of hydrogen-bond acceptors (Lipinski definition) is 5. The summed E-state index contributed by atoms with van der Waals surface area (Å²) in [6.45, 7) is 6.37. The van der Waals surface area contributed by atoms with Crippen molar-refractivity contribution in [3.8, 4) is 0 Å². The van der Waals surface area contributed by atoms with Crippen molar-refractivity contribution in [2.75, 3.05) is 5.32 Å². The lowest BCUT2D eigenvalue weighted by molar-refractivity contribution is 0.872. The van der Waals surface area contributed by atoms with E-state index in [1.54, 1.807) is 17.7 Å². The lowest BCUT2D eigenvalue weighted by atomic mass is 10.1. The van der Waals surface area contributed by atoms with Crippen LogP contribution in [0.3, 0.4) is 0 Å². The van der Waals surface area contributed by atoms with Gasteiger partial charge in [0.2, 0.25) is 0 Å². The standard InChI is InChI=1S/C15H16N4S/c1-9-11(3)20-15-13(9)14(17-8-18-15)19-10(2)12-4-6-16-7-5-12/h4-8,10H,1-3H3,(H,17,18,19). The summed E-state index contributed by atoms with van der Waals surface area (Å²) in [5.41, 5.74) is 2.45. The van der Waals surface area contributed by atoms with E-state index in [1.807, 2.05) is 24.5 Å². The number of anilines is 1. The predicted octanol–water partition coefficient (Wildman–Crippen LogP) is 3.88. The number of aryl methyl sites for hydroxylation is 2. The van der Waals surface area contributed by atoms with Crippen LogP contribution in [-0.2, 0) is 0 Å². The average Bonchev–Trinajstić information content (AvgIpc) is 2.76. The molecule has 0 amide bonds. The first-order chi connectivity index (χ1) is 9.66. The van der Waals surface area contributed by atoms with E-state index in [0.29, 0.717) is 0 Å². The van der Waals surface area contributed by atoms with Crippen molar-refractivity contribution in [1.82, 2.24) is 15.0 Å². The normalized spacial score (nSPS) is 12.6. The van der Waals surface area contributed by atoms with Gasteiger partial charge in [-0.25, -0.2) is 9.97 Å². The summed E-state index contributed by atoms with van der Waals surface area (Å²) < 4.78 is 0. The Kier molecular flexibility index (Phi) is 3.36. The van der Waals surface area contributed by atoms with E-state index in [0.717, 1.165) is 16.0 Å². The Morgan fingerprint density at radius 2 is 1.90 bits per heavy atom. The molecule has 0 saturated heterocycles. The minimum atomic E-state index is 0.177. The van der Waals surface area contributed by atoms with Crippen molar-refractivity contribution in [3.63, 3.8) is 0 Å². The lowest BCUT2D eigenvalue weighted by Gasteiger charge is -2.15. The van der Waals surface area contributed by atoms with Crippen molar-refractivity contribution in [1.29, 1.82) is 0 Å². The number of rotatable bonds is 3. The number of thiophene rings is 1. The van der Waals surface area contributed by atoms with Crippen LogP contribution in [0, 0.1) is 13.8 Å². The summed E-state index contributed by atoms with van der Waals surface area (Å²) in [5, 5.41) is 4.62. The summed E-state index contributed by atoms with van der Waals surface area (Å²) in [4.78, 5) is 15.2. The molecule has 0 aliphatic heterocycles. The van der Waals surface area contributed by atoms with Crippen LogP contribution in [0.4, 0.5) is 5.82 Å². The molecule has 0 aliphatic carbocycles. The van der Waals surface area contributed by atoms with Crippen molar-refractivity contribution in [2.45, 2.75) is 26.8 Å². The monoisotopic (exact) mass is 284 g/mol. The summed E-state index contributed by atoms with van der Waals surface area (Å²) in [7, 11) is 0. The van der Waals surface area contributed by atoms with Crippen LogP contribution in [0.15, 0.2) is 30.9 Å². The van der Waals surface area contributed by atoms with Gasteiger partial charge in [0.05, 0.1) is 11.4 Å². The molecule has 3 aromatic rings. The first-order valence-electron chi connectivity index (χ1n) is 6.54. The van der Waals surface area contributed by atoms with Crippen LogP contribution < -0.4 is 5.32 Å². The van der Waals surface area contributed by atoms with Gasteiger partial charge in [0.1, 0.15) is 17.0 Å². The van der Waals surface area contributed by atoms with Crippen LogP contribution in [0.25, 0.3) is 10.2 Å². The van der Waals surface area contributed by atoms with Gasteiger partial charge in [-0.3, -0.25) is 4.98 Å². The van der Waals surface area contributed by atoms with Crippen LogP contribution in [-0.4, -0.2) is 15.0 Å². The van der Waals surface area contributed by atoms with E-state index in [4.69, 9.17) is 0 Å². The second-order valence-corrected chi connectivity index (χ2v) is 6.04. The van der Waals surface area contributed by atoms with Gasteiger partial charge in [0.25, 0.3) is 0 Å². The van der Waals surface area contributed by atoms with Gasteiger partial charge in [0.15, 0.2) is 0 Å². The van der Waals surface area contributed by atoms with Crippen molar-refractivity contribution in [3.05, 3.63) is 46.9 Å². The first kappa shape index (κ1) is 13.0. The highest BCUT2D eigenvalue weighted by Crippen LogP contribution is 2.33. The molecule has 102 valence electrons. The van der Waals surface area contributed by atoms with Gasteiger partial charge in [-0.15, -0.1) is 11.3 Å². The second kappa shape index (κ2) is 5.17. The Morgan fingerprint density at radius 1 is 1.15 bits per heavy atom. The van der Waals surface area contributed by atoms with Gasteiger partial charge in [-0.2, -0.15) is 0 Å². The van der Waals surface area contributed by atoms with Gasteiger partial charge in [-0.05, 0) is 44.0 Å². The minimum Gasteiger partial charge on any atom is -0.363 e. The Labute approximate surface area is 121 Å². The SMILES string of the molecule is Cc1sc2ncnc(NC(C)c3ccncc3)c2c1C. The molecule has 0 spiro atoms. The van der Waals surface area contributed by atoms with Crippen LogP contribution >= 0.6 is 11.3 Å². The number of hydrogen-bond donors (Lipinski definition) is 1. The van der Waals surface area contributed by atoms with Crippen molar-refractivity contribution >= 4 is 27.4 Å². The second-order valence-electron chi connectivity index (χ2n) is 4.83. The zero-order chi connectivity index (χ0) is 14.1. The van der Waals surface area contributed by atoms with Gasteiger partial charge in [0, 0.05) is 17.3 Å². The Hall–Kier alpha value is -2.01. The maximum Gasteiger partial charge on any atom is 0.138 e. The smallest absolute Gasteiger partial charge is 0.138 e. The fraction of sp³-hybridized carbons (Fsp3) is 0.267. The summed E-state index contributed by atoms with van der Waals surface area (Å²) in [6, 6.07) is 4.21. The van der Waals surface area contributed by atoms with Gasteiger partial charge in [-0.1, -0.05) is 0 Å². The highest BCUT2D eigenvalue weighted by molar-refractivity contribution is 7.18. The van der Waals surface area contributed by atoms with Crippen molar-refractivity contribution in [2.24, 2.45) is 0 Å². The summed E-state index contributed by atoms with van der Waals surface area (Å²) >= 11 is 1.71. The first-order valence-corrected chi connectivity index (χ1v) is 7.35. The molecule has 0 radical (unpaired) electrons. The molecular weight excluding hydrogens is 268 g/mol. The number of nitrogens with one attached hydrogen (secondary N) is 1. The van der Waals surface area contributed by atoms with Crippen LogP contribution in [0.1, 0.15) is 29.0 Å². The number of pyridine rings is 1. The molecule has 1 N–H and O–H groups in total. The van der Waals surface area contributed by atoms with E-state index in [1.165, 1.54) is 16.0 Å². The Balaban J connectivity index is 1.99. The maximum atomic E-state index is 4.42. The lowest BCUT2D eigenvalue weighted by Crippen LogP contribution is -2.08. The van der Waals surface area contributed by atoms with Crippen LogP contribution in [0.2, 0.25) is 0 Å². The fourth-order valence-corrected chi connectivity index (χ4v) is 3.23. The molecule has 3 rings (SSSR count). The topological polar surface area (TPSA) is 50.7 Å². The molecule has 0 saturated carbocycles. The van der Waals surface area contributed by atoms with Crippen molar-refractivity contribution < 1.29 is 0 Å². The van der Waals surface area contributed by atoms with E-state index in [-0.39, 0.29) is 6.04 Å². The van der Waals surface area contributed by atoms with E-state index in [9.17, 15) is 0 Å². The number of fused-ring (bicyclic) bond motifs is 1. The Morgan fingerprint density at radius 3 is 2.65 bits per heavy atom. The highest BCUT2D eigenvalue weighted by Gasteiger charge is 2.14. The highest BCUT2D eigenvalue weighted by atomic mass is 32.1. The Bertz CT molecular complexity index is 736. The zero-order valence-corrected chi connectivity index (χ0v) is 12.5. The molecule has 3 aromatic heterocycles. The molecule has 0 fully saturated rings. The molecule has 0 aliphatic rings. The van der Waals surface area contributed by atoms with E-state index >= 15 is 0 Å². The van der Waals surface area contributed by atoms with Crippen LogP contribution in [0.5, 0.6) is 0 Å². The van der Waals surface area contributed by atoms with Gasteiger partial charge >= 0.3 is 0 Å². The minimum absolute atomic E-state index is 0.177.